The Morgan fingerprint density at radius 3 is 2.47 bits per heavy atom. The smallest absolute Gasteiger partial charge is 0.00105 e. The monoisotopic (exact) mass is 257 g/mol. The highest BCUT2D eigenvalue weighted by atomic mass is 14.9. The van der Waals surface area contributed by atoms with Crippen LogP contribution in [0.1, 0.15) is 63.5 Å². The summed E-state index contributed by atoms with van der Waals surface area (Å²) in [6.07, 6.45) is 7.63. The number of benzene rings is 1. The molecular formula is C18H27N. The average molecular weight is 257 g/mol. The summed E-state index contributed by atoms with van der Waals surface area (Å²) in [6.45, 7) is 7.66. The summed E-state index contributed by atoms with van der Waals surface area (Å²) < 4.78 is 0. The molecule has 1 nitrogen and oxygen atoms in total. The Morgan fingerprint density at radius 1 is 1.26 bits per heavy atom. The Labute approximate surface area is 118 Å². The lowest BCUT2D eigenvalue weighted by Gasteiger charge is -2.25. The maximum absolute atomic E-state index is 3.45. The first kappa shape index (κ1) is 14.3. The first-order chi connectivity index (χ1) is 9.16. The molecule has 1 aliphatic rings. The second kappa shape index (κ2) is 6.91. The van der Waals surface area contributed by atoms with Crippen molar-refractivity contribution in [1.29, 1.82) is 0 Å². The SMILES string of the molecule is C/C(=C/CCNC(C)C)c1ccc(C2CCC2)cc1. The van der Waals surface area contributed by atoms with Crippen molar-refractivity contribution in [3.05, 3.63) is 41.5 Å². The van der Waals surface area contributed by atoms with Crippen molar-refractivity contribution in [2.45, 2.75) is 58.4 Å². The third-order valence-corrected chi connectivity index (χ3v) is 4.09. The number of rotatable bonds is 6. The highest BCUT2D eigenvalue weighted by Crippen LogP contribution is 2.36. The van der Waals surface area contributed by atoms with Gasteiger partial charge in [-0.15, -0.1) is 0 Å². The van der Waals surface area contributed by atoms with Crippen LogP contribution in [0.4, 0.5) is 0 Å². The van der Waals surface area contributed by atoms with Gasteiger partial charge in [0.1, 0.15) is 0 Å². The molecule has 1 aromatic rings. The normalized spacial score (nSPS) is 16.7. The standard InChI is InChI=1S/C18H27N/c1-14(2)19-13-5-6-15(3)16-9-11-18(12-10-16)17-7-4-8-17/h6,9-12,14,17,19H,4-5,7-8,13H2,1-3H3/b15-6-. The van der Waals surface area contributed by atoms with E-state index in [4.69, 9.17) is 0 Å². The number of hydrogen-bond donors (Lipinski definition) is 1. The average Bonchev–Trinajstić information content (AvgIpc) is 2.33. The van der Waals surface area contributed by atoms with Crippen molar-refractivity contribution < 1.29 is 0 Å². The zero-order valence-electron chi connectivity index (χ0n) is 12.6. The Bertz CT molecular complexity index is 410. The highest BCUT2D eigenvalue weighted by molar-refractivity contribution is 5.63. The third-order valence-electron chi connectivity index (χ3n) is 4.09. The van der Waals surface area contributed by atoms with Gasteiger partial charge < -0.3 is 5.32 Å². The van der Waals surface area contributed by atoms with Gasteiger partial charge in [0.25, 0.3) is 0 Å². The summed E-state index contributed by atoms with van der Waals surface area (Å²) in [5.74, 6) is 0.841. The van der Waals surface area contributed by atoms with E-state index in [0.29, 0.717) is 6.04 Å². The molecular weight excluding hydrogens is 230 g/mol. The molecule has 0 heterocycles. The van der Waals surface area contributed by atoms with Crippen molar-refractivity contribution in [2.24, 2.45) is 0 Å². The van der Waals surface area contributed by atoms with Crippen LogP contribution in [-0.4, -0.2) is 12.6 Å². The molecule has 2 rings (SSSR count). The van der Waals surface area contributed by atoms with Crippen molar-refractivity contribution >= 4 is 5.57 Å². The van der Waals surface area contributed by atoms with E-state index in [1.807, 2.05) is 0 Å². The molecule has 0 bridgehead atoms. The van der Waals surface area contributed by atoms with E-state index < -0.39 is 0 Å². The molecule has 1 saturated carbocycles. The van der Waals surface area contributed by atoms with Crippen molar-refractivity contribution in [3.63, 3.8) is 0 Å². The fourth-order valence-corrected chi connectivity index (χ4v) is 2.54. The molecule has 104 valence electrons. The maximum Gasteiger partial charge on any atom is 0.00105 e. The molecule has 0 atom stereocenters. The predicted molar refractivity (Wildman–Crippen MR) is 84.4 cm³/mol. The van der Waals surface area contributed by atoms with Crippen LogP contribution < -0.4 is 5.32 Å². The van der Waals surface area contributed by atoms with Crippen molar-refractivity contribution in [3.8, 4) is 0 Å². The summed E-state index contributed by atoms with van der Waals surface area (Å²) in [6, 6.07) is 9.80. The summed E-state index contributed by atoms with van der Waals surface area (Å²) in [5.41, 5.74) is 4.29. The molecule has 1 fully saturated rings. The molecule has 0 aliphatic heterocycles. The van der Waals surface area contributed by atoms with Crippen LogP contribution in [0.25, 0.3) is 5.57 Å². The third kappa shape index (κ3) is 4.21. The van der Waals surface area contributed by atoms with E-state index >= 15 is 0 Å². The van der Waals surface area contributed by atoms with Gasteiger partial charge in [0, 0.05) is 6.04 Å². The van der Waals surface area contributed by atoms with E-state index in [2.05, 4.69) is 56.4 Å². The van der Waals surface area contributed by atoms with Gasteiger partial charge in [-0.3, -0.25) is 0 Å². The van der Waals surface area contributed by atoms with E-state index in [1.54, 1.807) is 0 Å². The molecule has 0 radical (unpaired) electrons. The molecule has 1 aliphatic carbocycles. The molecule has 0 unspecified atom stereocenters. The lowest BCUT2D eigenvalue weighted by molar-refractivity contribution is 0.420. The molecule has 0 aromatic heterocycles. The largest absolute Gasteiger partial charge is 0.314 e. The quantitative estimate of drug-likeness (QED) is 0.725. The predicted octanol–water partition coefficient (Wildman–Crippen LogP) is 4.75. The highest BCUT2D eigenvalue weighted by Gasteiger charge is 2.18. The van der Waals surface area contributed by atoms with Crippen LogP contribution in [0, 0.1) is 0 Å². The summed E-state index contributed by atoms with van der Waals surface area (Å²) in [4.78, 5) is 0. The minimum absolute atomic E-state index is 0.579. The first-order valence-corrected chi connectivity index (χ1v) is 7.67. The minimum atomic E-state index is 0.579. The van der Waals surface area contributed by atoms with E-state index in [0.717, 1.165) is 18.9 Å². The van der Waals surface area contributed by atoms with E-state index in [-0.39, 0.29) is 0 Å². The molecule has 1 N–H and O–H groups in total. The molecule has 0 saturated heterocycles. The van der Waals surface area contributed by atoms with Crippen LogP contribution >= 0.6 is 0 Å². The van der Waals surface area contributed by atoms with Crippen molar-refractivity contribution in [1.82, 2.24) is 5.32 Å². The Balaban J connectivity index is 1.87. The van der Waals surface area contributed by atoms with Gasteiger partial charge in [0.15, 0.2) is 0 Å². The van der Waals surface area contributed by atoms with Gasteiger partial charge in [-0.25, -0.2) is 0 Å². The summed E-state index contributed by atoms with van der Waals surface area (Å²) in [7, 11) is 0. The second-order valence-electron chi connectivity index (χ2n) is 6.03. The van der Waals surface area contributed by atoms with Gasteiger partial charge in [-0.1, -0.05) is 50.6 Å². The molecule has 19 heavy (non-hydrogen) atoms. The lowest BCUT2D eigenvalue weighted by Crippen LogP contribution is -2.23. The Morgan fingerprint density at radius 2 is 1.95 bits per heavy atom. The number of hydrogen-bond acceptors (Lipinski definition) is 1. The van der Waals surface area contributed by atoms with Crippen LogP contribution in [-0.2, 0) is 0 Å². The van der Waals surface area contributed by atoms with Gasteiger partial charge >= 0.3 is 0 Å². The Hall–Kier alpha value is -1.08. The fourth-order valence-electron chi connectivity index (χ4n) is 2.54. The first-order valence-electron chi connectivity index (χ1n) is 7.67. The van der Waals surface area contributed by atoms with Gasteiger partial charge in [0.05, 0.1) is 0 Å². The topological polar surface area (TPSA) is 12.0 Å². The molecule has 0 spiro atoms. The number of nitrogens with one attached hydrogen (secondary N) is 1. The van der Waals surface area contributed by atoms with E-state index in [1.165, 1.54) is 36.0 Å². The fraction of sp³-hybridized carbons (Fsp3) is 0.556. The van der Waals surface area contributed by atoms with Crippen LogP contribution in [0.3, 0.4) is 0 Å². The van der Waals surface area contributed by atoms with Gasteiger partial charge in [-0.2, -0.15) is 0 Å². The van der Waals surface area contributed by atoms with Gasteiger partial charge in [0.2, 0.25) is 0 Å². The summed E-state index contributed by atoms with van der Waals surface area (Å²) >= 11 is 0. The van der Waals surface area contributed by atoms with Crippen LogP contribution in [0.2, 0.25) is 0 Å². The van der Waals surface area contributed by atoms with Crippen LogP contribution in [0.15, 0.2) is 30.3 Å². The van der Waals surface area contributed by atoms with Crippen LogP contribution in [0.5, 0.6) is 0 Å². The Kier molecular flexibility index (Phi) is 5.21. The summed E-state index contributed by atoms with van der Waals surface area (Å²) in [5, 5.41) is 3.45. The molecule has 1 heteroatoms. The minimum Gasteiger partial charge on any atom is -0.314 e. The zero-order valence-corrected chi connectivity index (χ0v) is 12.6. The van der Waals surface area contributed by atoms with Crippen molar-refractivity contribution in [2.75, 3.05) is 6.54 Å². The van der Waals surface area contributed by atoms with E-state index in [9.17, 15) is 0 Å². The van der Waals surface area contributed by atoms with Gasteiger partial charge in [-0.05, 0) is 55.3 Å². The molecule has 0 amide bonds. The maximum atomic E-state index is 3.45. The zero-order chi connectivity index (χ0) is 13.7. The second-order valence-corrected chi connectivity index (χ2v) is 6.03. The lowest BCUT2D eigenvalue weighted by atomic mass is 9.80. The molecule has 1 aromatic carbocycles. The number of allylic oxidation sites excluding steroid dienone is 1.